The van der Waals surface area contributed by atoms with Gasteiger partial charge in [-0.15, -0.1) is 11.8 Å². The number of anilines is 2. The number of nitrogen functional groups attached to an aromatic ring is 1. The summed E-state index contributed by atoms with van der Waals surface area (Å²) in [5.41, 5.74) is 5.90. The van der Waals surface area contributed by atoms with Crippen molar-refractivity contribution in [2.24, 2.45) is 5.92 Å². The van der Waals surface area contributed by atoms with Gasteiger partial charge in [-0.2, -0.15) is 4.37 Å². The summed E-state index contributed by atoms with van der Waals surface area (Å²) in [6, 6.07) is 0.657. The zero-order valence-corrected chi connectivity index (χ0v) is 12.4. The van der Waals surface area contributed by atoms with Crippen LogP contribution < -0.4 is 10.6 Å². The fourth-order valence-corrected chi connectivity index (χ4v) is 4.36. The molecule has 17 heavy (non-hydrogen) atoms. The first-order valence-corrected chi connectivity index (χ1v) is 8.15. The van der Waals surface area contributed by atoms with Crippen LogP contribution in [0.1, 0.15) is 32.6 Å². The van der Waals surface area contributed by atoms with Crippen molar-refractivity contribution in [2.45, 2.75) is 43.5 Å². The summed E-state index contributed by atoms with van der Waals surface area (Å²) in [6.45, 7) is 2.36. The van der Waals surface area contributed by atoms with Gasteiger partial charge < -0.3 is 10.6 Å². The van der Waals surface area contributed by atoms with Crippen molar-refractivity contribution in [2.75, 3.05) is 23.9 Å². The van der Waals surface area contributed by atoms with Gasteiger partial charge in [-0.25, -0.2) is 0 Å². The molecule has 0 amide bonds. The lowest BCUT2D eigenvalue weighted by Gasteiger charge is -2.34. The first kappa shape index (κ1) is 13.0. The van der Waals surface area contributed by atoms with Crippen LogP contribution in [0.4, 0.5) is 10.8 Å². The van der Waals surface area contributed by atoms with Crippen LogP contribution in [-0.2, 0) is 0 Å². The third-order valence-electron chi connectivity index (χ3n) is 3.64. The summed E-state index contributed by atoms with van der Waals surface area (Å²) in [5.74, 6) is 1.53. The Morgan fingerprint density at radius 2 is 2.24 bits per heavy atom. The van der Waals surface area contributed by atoms with Crippen molar-refractivity contribution in [1.29, 1.82) is 0 Å². The predicted molar refractivity (Wildman–Crippen MR) is 78.1 cm³/mol. The van der Waals surface area contributed by atoms with Crippen LogP contribution in [0.5, 0.6) is 0 Å². The van der Waals surface area contributed by atoms with E-state index in [1.807, 2.05) is 0 Å². The van der Waals surface area contributed by atoms with Crippen molar-refractivity contribution in [3.05, 3.63) is 0 Å². The van der Waals surface area contributed by atoms with E-state index in [1.54, 1.807) is 11.8 Å². The zero-order chi connectivity index (χ0) is 12.4. The van der Waals surface area contributed by atoms with Crippen LogP contribution >= 0.6 is 23.3 Å². The minimum atomic E-state index is 0.657. The molecule has 0 spiro atoms. The molecule has 0 bridgehead atoms. The highest BCUT2D eigenvalue weighted by atomic mass is 32.2. The van der Waals surface area contributed by atoms with E-state index in [2.05, 4.69) is 29.5 Å². The SMILES string of the molecule is CSc1c(N)nsc1N(C)C1CCCC(C)C1. The van der Waals surface area contributed by atoms with Crippen molar-refractivity contribution in [1.82, 2.24) is 4.37 Å². The molecule has 5 heteroatoms. The molecule has 0 radical (unpaired) electrons. The van der Waals surface area contributed by atoms with Crippen molar-refractivity contribution in [3.8, 4) is 0 Å². The summed E-state index contributed by atoms with van der Waals surface area (Å²) in [5, 5.41) is 1.24. The molecular formula is C12H21N3S2. The zero-order valence-electron chi connectivity index (χ0n) is 10.8. The maximum absolute atomic E-state index is 5.90. The standard InChI is InChI=1S/C12H21N3S2/c1-8-5-4-6-9(7-8)15(2)12-10(16-3)11(13)14-17-12/h8-9H,4-7H2,1-3H3,(H2,13,14). The number of nitrogens with two attached hydrogens (primary N) is 1. The highest BCUT2D eigenvalue weighted by Crippen LogP contribution is 2.40. The molecule has 1 aliphatic rings. The van der Waals surface area contributed by atoms with E-state index < -0.39 is 0 Å². The van der Waals surface area contributed by atoms with E-state index in [-0.39, 0.29) is 0 Å². The summed E-state index contributed by atoms with van der Waals surface area (Å²) in [4.78, 5) is 3.55. The molecule has 1 aliphatic carbocycles. The molecule has 1 aromatic heterocycles. The second-order valence-corrected chi connectivity index (χ2v) is 6.51. The lowest BCUT2D eigenvalue weighted by atomic mass is 9.86. The Labute approximate surface area is 112 Å². The van der Waals surface area contributed by atoms with E-state index in [9.17, 15) is 0 Å². The lowest BCUT2D eigenvalue weighted by molar-refractivity contribution is 0.336. The quantitative estimate of drug-likeness (QED) is 0.855. The molecule has 1 aromatic rings. The van der Waals surface area contributed by atoms with Gasteiger partial charge in [0, 0.05) is 13.1 Å². The van der Waals surface area contributed by atoms with Gasteiger partial charge in [-0.05, 0) is 36.5 Å². The fourth-order valence-electron chi connectivity index (χ4n) is 2.62. The Hall–Kier alpha value is -0.420. The summed E-state index contributed by atoms with van der Waals surface area (Å²) < 4.78 is 4.28. The highest BCUT2D eigenvalue weighted by molar-refractivity contribution is 7.99. The topological polar surface area (TPSA) is 42.1 Å². The minimum absolute atomic E-state index is 0.657. The van der Waals surface area contributed by atoms with Crippen LogP contribution in [0.25, 0.3) is 0 Å². The minimum Gasteiger partial charge on any atom is -0.382 e. The van der Waals surface area contributed by atoms with Gasteiger partial charge in [0.05, 0.1) is 4.90 Å². The molecule has 3 nitrogen and oxygen atoms in total. The second-order valence-electron chi connectivity index (χ2n) is 4.94. The molecule has 1 heterocycles. The van der Waals surface area contributed by atoms with E-state index in [1.165, 1.54) is 42.2 Å². The lowest BCUT2D eigenvalue weighted by Crippen LogP contribution is -2.35. The molecule has 0 aliphatic heterocycles. The van der Waals surface area contributed by atoms with Gasteiger partial charge in [0.2, 0.25) is 0 Å². The molecule has 2 atom stereocenters. The van der Waals surface area contributed by atoms with Gasteiger partial charge in [0.15, 0.2) is 5.82 Å². The molecule has 2 unspecified atom stereocenters. The number of thioether (sulfide) groups is 1. The second kappa shape index (κ2) is 5.48. The Kier molecular flexibility index (Phi) is 4.20. The van der Waals surface area contributed by atoms with Crippen LogP contribution in [-0.4, -0.2) is 23.7 Å². The first-order chi connectivity index (χ1) is 8.13. The van der Waals surface area contributed by atoms with E-state index in [4.69, 9.17) is 5.73 Å². The molecule has 1 fully saturated rings. The predicted octanol–water partition coefficient (Wildman–Crippen LogP) is 3.46. The van der Waals surface area contributed by atoms with Crippen LogP contribution in [0.15, 0.2) is 4.90 Å². The van der Waals surface area contributed by atoms with E-state index in [0.29, 0.717) is 11.9 Å². The van der Waals surface area contributed by atoms with Gasteiger partial charge in [0.25, 0.3) is 0 Å². The third kappa shape index (κ3) is 2.71. The molecule has 96 valence electrons. The average Bonchev–Trinajstić information content (AvgIpc) is 2.69. The largest absolute Gasteiger partial charge is 0.382 e. The highest BCUT2D eigenvalue weighted by Gasteiger charge is 2.25. The molecular weight excluding hydrogens is 250 g/mol. The monoisotopic (exact) mass is 271 g/mol. The Morgan fingerprint density at radius 1 is 1.47 bits per heavy atom. The molecule has 0 saturated heterocycles. The fraction of sp³-hybridized carbons (Fsp3) is 0.750. The van der Waals surface area contributed by atoms with Gasteiger partial charge in [-0.3, -0.25) is 0 Å². The Bertz CT molecular complexity index is 378. The number of hydrogen-bond donors (Lipinski definition) is 1. The van der Waals surface area contributed by atoms with E-state index >= 15 is 0 Å². The smallest absolute Gasteiger partial charge is 0.153 e. The molecule has 2 rings (SSSR count). The summed E-state index contributed by atoms with van der Waals surface area (Å²) >= 11 is 3.24. The summed E-state index contributed by atoms with van der Waals surface area (Å²) in [6.07, 6.45) is 7.39. The van der Waals surface area contributed by atoms with Crippen molar-refractivity contribution >= 4 is 34.1 Å². The number of nitrogens with zero attached hydrogens (tertiary/aromatic N) is 2. The maximum atomic E-state index is 5.90. The van der Waals surface area contributed by atoms with Crippen LogP contribution in [0.2, 0.25) is 0 Å². The number of hydrogen-bond acceptors (Lipinski definition) is 5. The Balaban J connectivity index is 2.15. The van der Waals surface area contributed by atoms with Crippen molar-refractivity contribution in [3.63, 3.8) is 0 Å². The molecule has 0 aromatic carbocycles. The Morgan fingerprint density at radius 3 is 2.88 bits per heavy atom. The van der Waals surface area contributed by atoms with Gasteiger partial charge >= 0.3 is 0 Å². The summed E-state index contributed by atoms with van der Waals surface area (Å²) in [7, 11) is 2.19. The van der Waals surface area contributed by atoms with Crippen LogP contribution in [0, 0.1) is 5.92 Å². The van der Waals surface area contributed by atoms with Gasteiger partial charge in [-0.1, -0.05) is 19.8 Å². The maximum Gasteiger partial charge on any atom is 0.153 e. The van der Waals surface area contributed by atoms with Crippen molar-refractivity contribution < 1.29 is 0 Å². The molecule has 2 N–H and O–H groups in total. The number of rotatable bonds is 3. The van der Waals surface area contributed by atoms with Gasteiger partial charge in [0.1, 0.15) is 5.00 Å². The first-order valence-electron chi connectivity index (χ1n) is 6.15. The van der Waals surface area contributed by atoms with Crippen LogP contribution in [0.3, 0.4) is 0 Å². The van der Waals surface area contributed by atoms with E-state index in [0.717, 1.165) is 10.8 Å². The normalized spacial score (nSPS) is 24.9. The molecule has 1 saturated carbocycles. The third-order valence-corrected chi connectivity index (χ3v) is 5.53. The number of aromatic nitrogens is 1. The average molecular weight is 271 g/mol.